The molecule has 1 atom stereocenters. The first-order valence-electron chi connectivity index (χ1n) is 9.18. The van der Waals surface area contributed by atoms with Gasteiger partial charge < -0.3 is 29.6 Å². The molecule has 1 unspecified atom stereocenters. The number of hydrogen-bond donors (Lipinski definition) is 3. The minimum Gasteiger partial charge on any atom is -0.493 e. The van der Waals surface area contributed by atoms with Crippen molar-refractivity contribution in [3.8, 4) is 5.75 Å². The minimum atomic E-state index is -1.06. The van der Waals surface area contributed by atoms with Crippen LogP contribution < -0.4 is 15.4 Å². The largest absolute Gasteiger partial charge is 0.493 e. The summed E-state index contributed by atoms with van der Waals surface area (Å²) in [5.74, 6) is -0.478. The first-order chi connectivity index (χ1) is 13.6. The number of nitrogens with zero attached hydrogens (tertiary/aromatic N) is 1. The Bertz CT molecular complexity index is 815. The molecule has 2 heterocycles. The van der Waals surface area contributed by atoms with E-state index in [1.807, 2.05) is 0 Å². The maximum absolute atomic E-state index is 12.4. The number of hydrogen-bond acceptors (Lipinski definition) is 7. The first-order valence-corrected chi connectivity index (χ1v) is 9.18. The fourth-order valence-corrected chi connectivity index (χ4v) is 3.02. The van der Waals surface area contributed by atoms with Crippen LogP contribution in [0.1, 0.15) is 10.6 Å². The van der Waals surface area contributed by atoms with Crippen LogP contribution in [0.25, 0.3) is 11.0 Å². The number of rotatable bonds is 8. The predicted octanol–water partition coefficient (Wildman–Crippen LogP) is -0.0195. The van der Waals surface area contributed by atoms with E-state index in [0.29, 0.717) is 43.0 Å². The van der Waals surface area contributed by atoms with Crippen LogP contribution in [0.5, 0.6) is 5.75 Å². The van der Waals surface area contributed by atoms with E-state index in [0.717, 1.165) is 13.1 Å². The zero-order valence-electron chi connectivity index (χ0n) is 15.8. The number of fused-ring (bicyclic) bond motifs is 1. The minimum absolute atomic E-state index is 0.0408. The molecule has 0 saturated carbocycles. The molecule has 0 radical (unpaired) electrons. The third-order valence-electron chi connectivity index (χ3n) is 4.59. The zero-order valence-corrected chi connectivity index (χ0v) is 15.8. The van der Waals surface area contributed by atoms with Gasteiger partial charge in [0.2, 0.25) is 5.91 Å². The molecule has 3 N–H and O–H groups in total. The topological polar surface area (TPSA) is 113 Å². The molecule has 1 aliphatic heterocycles. The summed E-state index contributed by atoms with van der Waals surface area (Å²) in [5, 5.41) is 15.5. The van der Waals surface area contributed by atoms with E-state index >= 15 is 0 Å². The standard InChI is InChI=1S/C19H25N3O6/c1-26-15-4-2-3-13-11-16(28-17(13)15)19(25)21-14(12-23)18(24)20-5-6-22-7-9-27-10-8-22/h2-4,11,14,23H,5-10,12H2,1H3,(H,20,24)(H,21,25). The summed E-state index contributed by atoms with van der Waals surface area (Å²) in [5.41, 5.74) is 0.450. The summed E-state index contributed by atoms with van der Waals surface area (Å²) >= 11 is 0. The van der Waals surface area contributed by atoms with Gasteiger partial charge in [0.1, 0.15) is 6.04 Å². The number of ether oxygens (including phenoxy) is 2. The molecule has 2 amide bonds. The number of benzene rings is 1. The van der Waals surface area contributed by atoms with Gasteiger partial charge in [-0.25, -0.2) is 0 Å². The van der Waals surface area contributed by atoms with Gasteiger partial charge in [0.15, 0.2) is 17.1 Å². The average molecular weight is 391 g/mol. The lowest BCUT2D eigenvalue weighted by atomic mass is 10.2. The van der Waals surface area contributed by atoms with Crippen molar-refractivity contribution in [3.63, 3.8) is 0 Å². The Balaban J connectivity index is 1.55. The van der Waals surface area contributed by atoms with Crippen LogP contribution in [-0.4, -0.2) is 81.0 Å². The van der Waals surface area contributed by atoms with E-state index in [1.165, 1.54) is 7.11 Å². The highest BCUT2D eigenvalue weighted by molar-refractivity contribution is 5.99. The second kappa shape index (κ2) is 9.54. The molecule has 9 heteroatoms. The molecule has 1 aliphatic rings. The number of aliphatic hydroxyl groups excluding tert-OH is 1. The molecule has 0 spiro atoms. The van der Waals surface area contributed by atoms with Gasteiger partial charge in [-0.15, -0.1) is 0 Å². The number of nitrogens with one attached hydrogen (secondary N) is 2. The fraction of sp³-hybridized carbons (Fsp3) is 0.474. The zero-order chi connectivity index (χ0) is 19.9. The van der Waals surface area contributed by atoms with Gasteiger partial charge in [-0.2, -0.15) is 0 Å². The third-order valence-corrected chi connectivity index (χ3v) is 4.59. The molecule has 1 aromatic heterocycles. The second-order valence-corrected chi connectivity index (χ2v) is 6.44. The van der Waals surface area contributed by atoms with E-state index < -0.39 is 24.5 Å². The van der Waals surface area contributed by atoms with E-state index in [9.17, 15) is 14.7 Å². The molecule has 9 nitrogen and oxygen atoms in total. The molecule has 28 heavy (non-hydrogen) atoms. The van der Waals surface area contributed by atoms with Crippen LogP contribution in [0, 0.1) is 0 Å². The number of carbonyl (C=O) groups is 2. The monoisotopic (exact) mass is 391 g/mol. The molecular formula is C19H25N3O6. The number of para-hydroxylation sites is 1. The van der Waals surface area contributed by atoms with Crippen molar-refractivity contribution in [1.82, 2.24) is 15.5 Å². The number of methoxy groups -OCH3 is 1. The van der Waals surface area contributed by atoms with E-state index in [4.69, 9.17) is 13.9 Å². The third kappa shape index (κ3) is 4.80. The van der Waals surface area contributed by atoms with Crippen molar-refractivity contribution < 1.29 is 28.6 Å². The normalized spacial score (nSPS) is 15.9. The Morgan fingerprint density at radius 1 is 1.32 bits per heavy atom. The molecule has 0 bridgehead atoms. The quantitative estimate of drug-likeness (QED) is 0.580. The van der Waals surface area contributed by atoms with Gasteiger partial charge in [0.05, 0.1) is 26.9 Å². The number of amides is 2. The highest BCUT2D eigenvalue weighted by Crippen LogP contribution is 2.28. The van der Waals surface area contributed by atoms with Gasteiger partial charge >= 0.3 is 0 Å². The second-order valence-electron chi connectivity index (χ2n) is 6.44. The number of morpholine rings is 1. The lowest BCUT2D eigenvalue weighted by Crippen LogP contribution is -2.50. The Labute approximate surface area is 162 Å². The van der Waals surface area contributed by atoms with Crippen LogP contribution in [0.4, 0.5) is 0 Å². The van der Waals surface area contributed by atoms with Gasteiger partial charge in [-0.05, 0) is 12.1 Å². The number of furan rings is 1. The van der Waals surface area contributed by atoms with Gasteiger partial charge in [0, 0.05) is 31.6 Å². The molecule has 3 rings (SSSR count). The highest BCUT2D eigenvalue weighted by Gasteiger charge is 2.23. The summed E-state index contributed by atoms with van der Waals surface area (Å²) in [7, 11) is 1.51. The number of carbonyl (C=O) groups excluding carboxylic acids is 2. The van der Waals surface area contributed by atoms with Gasteiger partial charge in [0.25, 0.3) is 5.91 Å². The van der Waals surface area contributed by atoms with Crippen molar-refractivity contribution >= 4 is 22.8 Å². The van der Waals surface area contributed by atoms with Crippen LogP contribution >= 0.6 is 0 Å². The summed E-state index contributed by atoms with van der Waals surface area (Å²) < 4.78 is 16.1. The summed E-state index contributed by atoms with van der Waals surface area (Å²) in [6, 6.07) is 5.81. The Morgan fingerprint density at radius 3 is 2.82 bits per heavy atom. The van der Waals surface area contributed by atoms with Gasteiger partial charge in [-0.1, -0.05) is 12.1 Å². The predicted molar refractivity (Wildman–Crippen MR) is 101 cm³/mol. The number of aliphatic hydroxyl groups is 1. The maximum atomic E-state index is 12.4. The summed E-state index contributed by atoms with van der Waals surface area (Å²) in [6.07, 6.45) is 0. The molecule has 1 saturated heterocycles. The Morgan fingerprint density at radius 2 is 2.11 bits per heavy atom. The first kappa shape index (κ1) is 20.1. The van der Waals surface area contributed by atoms with Crippen LogP contribution in [-0.2, 0) is 9.53 Å². The molecule has 1 fully saturated rings. The molecule has 152 valence electrons. The molecule has 1 aromatic carbocycles. The van der Waals surface area contributed by atoms with Crippen LogP contribution in [0.2, 0.25) is 0 Å². The summed E-state index contributed by atoms with van der Waals surface area (Å²) in [4.78, 5) is 26.9. The van der Waals surface area contributed by atoms with E-state index in [1.54, 1.807) is 24.3 Å². The van der Waals surface area contributed by atoms with E-state index in [2.05, 4.69) is 15.5 Å². The smallest absolute Gasteiger partial charge is 0.287 e. The Kier molecular flexibility index (Phi) is 6.85. The fourth-order valence-electron chi connectivity index (χ4n) is 3.02. The van der Waals surface area contributed by atoms with Crippen molar-refractivity contribution in [2.75, 3.05) is 53.1 Å². The van der Waals surface area contributed by atoms with Crippen molar-refractivity contribution in [2.45, 2.75) is 6.04 Å². The lowest BCUT2D eigenvalue weighted by molar-refractivity contribution is -0.123. The maximum Gasteiger partial charge on any atom is 0.287 e. The molecular weight excluding hydrogens is 366 g/mol. The molecule has 0 aliphatic carbocycles. The van der Waals surface area contributed by atoms with Crippen LogP contribution in [0.3, 0.4) is 0 Å². The summed E-state index contributed by atoms with van der Waals surface area (Å²) in [6.45, 7) is 3.62. The highest BCUT2D eigenvalue weighted by atomic mass is 16.5. The van der Waals surface area contributed by atoms with Crippen molar-refractivity contribution in [2.24, 2.45) is 0 Å². The van der Waals surface area contributed by atoms with Crippen molar-refractivity contribution in [3.05, 3.63) is 30.0 Å². The SMILES string of the molecule is COc1cccc2cc(C(=O)NC(CO)C(=O)NCCN3CCOCC3)oc12. The average Bonchev–Trinajstić information content (AvgIpc) is 3.17. The molecule has 2 aromatic rings. The Hall–Kier alpha value is -2.62. The van der Waals surface area contributed by atoms with Gasteiger partial charge in [-0.3, -0.25) is 14.5 Å². The van der Waals surface area contributed by atoms with Crippen LogP contribution in [0.15, 0.2) is 28.7 Å². The van der Waals surface area contributed by atoms with E-state index in [-0.39, 0.29) is 5.76 Å². The lowest BCUT2D eigenvalue weighted by Gasteiger charge is -2.26. The van der Waals surface area contributed by atoms with Crippen molar-refractivity contribution in [1.29, 1.82) is 0 Å².